The quantitative estimate of drug-likeness (QED) is 0.796. The second-order valence-electron chi connectivity index (χ2n) is 6.12. The standard InChI is InChI=1S/C18H18Cl2F2N2O/c19-11-3-5-16(14(20)8-11)24-7-1-2-12(10-24)23-9-13-15(21)4-6-17(25)18(13)22/h3-6,8,12,23,25H,1-2,7,9-10H2. The van der Waals surface area contributed by atoms with E-state index in [4.69, 9.17) is 23.2 Å². The molecule has 134 valence electrons. The predicted octanol–water partition coefficient (Wildman–Crippen LogP) is 4.74. The van der Waals surface area contributed by atoms with Crippen LogP contribution in [0.4, 0.5) is 14.5 Å². The van der Waals surface area contributed by atoms with E-state index in [0.717, 1.165) is 37.2 Å². The van der Waals surface area contributed by atoms with Crippen molar-refractivity contribution in [3.05, 3.63) is 57.6 Å². The molecular weight excluding hydrogens is 369 g/mol. The third-order valence-corrected chi connectivity index (χ3v) is 4.94. The fraction of sp³-hybridized carbons (Fsp3) is 0.333. The lowest BCUT2D eigenvalue weighted by Crippen LogP contribution is -2.45. The van der Waals surface area contributed by atoms with Gasteiger partial charge in [0, 0.05) is 36.3 Å². The molecule has 1 atom stereocenters. The van der Waals surface area contributed by atoms with Gasteiger partial charge >= 0.3 is 0 Å². The summed E-state index contributed by atoms with van der Waals surface area (Å²) < 4.78 is 27.7. The number of nitrogens with zero attached hydrogens (tertiary/aromatic N) is 1. The van der Waals surface area contributed by atoms with Crippen molar-refractivity contribution in [2.24, 2.45) is 0 Å². The molecule has 0 amide bonds. The number of anilines is 1. The second kappa shape index (κ2) is 7.77. The smallest absolute Gasteiger partial charge is 0.172 e. The maximum atomic E-state index is 13.9. The molecule has 0 aromatic heterocycles. The van der Waals surface area contributed by atoms with Gasteiger partial charge in [-0.05, 0) is 43.2 Å². The van der Waals surface area contributed by atoms with Gasteiger partial charge in [-0.15, -0.1) is 0 Å². The topological polar surface area (TPSA) is 35.5 Å². The Morgan fingerprint density at radius 1 is 1.20 bits per heavy atom. The Morgan fingerprint density at radius 2 is 2.00 bits per heavy atom. The first-order chi connectivity index (χ1) is 12.0. The van der Waals surface area contributed by atoms with Crippen LogP contribution in [0.2, 0.25) is 10.0 Å². The molecule has 3 nitrogen and oxygen atoms in total. The molecule has 1 fully saturated rings. The van der Waals surface area contributed by atoms with Gasteiger partial charge in [-0.25, -0.2) is 8.78 Å². The number of halogens is 4. The van der Waals surface area contributed by atoms with Crippen LogP contribution in [0.1, 0.15) is 18.4 Å². The Bertz CT molecular complexity index is 773. The summed E-state index contributed by atoms with van der Waals surface area (Å²) in [6, 6.07) is 7.50. The lowest BCUT2D eigenvalue weighted by atomic mass is 10.0. The number of rotatable bonds is 4. The fourth-order valence-electron chi connectivity index (χ4n) is 3.09. The van der Waals surface area contributed by atoms with Gasteiger partial charge in [0.25, 0.3) is 0 Å². The molecule has 2 aromatic rings. The molecule has 0 radical (unpaired) electrons. The van der Waals surface area contributed by atoms with Crippen molar-refractivity contribution in [1.82, 2.24) is 5.32 Å². The van der Waals surface area contributed by atoms with Crippen molar-refractivity contribution in [2.45, 2.75) is 25.4 Å². The van der Waals surface area contributed by atoms with Gasteiger partial charge in [0.15, 0.2) is 11.6 Å². The highest BCUT2D eigenvalue weighted by atomic mass is 35.5. The minimum atomic E-state index is -0.916. The average Bonchev–Trinajstić information content (AvgIpc) is 2.58. The highest BCUT2D eigenvalue weighted by Crippen LogP contribution is 2.31. The van der Waals surface area contributed by atoms with Crippen molar-refractivity contribution < 1.29 is 13.9 Å². The molecule has 2 N–H and O–H groups in total. The molecule has 0 spiro atoms. The van der Waals surface area contributed by atoms with Crippen molar-refractivity contribution in [3.63, 3.8) is 0 Å². The van der Waals surface area contributed by atoms with Crippen molar-refractivity contribution >= 4 is 28.9 Å². The molecule has 0 aliphatic carbocycles. The Kier molecular flexibility index (Phi) is 5.67. The van der Waals surface area contributed by atoms with Crippen molar-refractivity contribution in [1.29, 1.82) is 0 Å². The van der Waals surface area contributed by atoms with Crippen LogP contribution >= 0.6 is 23.2 Å². The number of phenolic OH excluding ortho intramolecular Hbond substituents is 1. The highest BCUT2D eigenvalue weighted by Gasteiger charge is 2.22. The number of hydrogen-bond acceptors (Lipinski definition) is 3. The van der Waals surface area contributed by atoms with Crippen molar-refractivity contribution in [2.75, 3.05) is 18.0 Å². The van der Waals surface area contributed by atoms with Gasteiger partial charge in [0.1, 0.15) is 5.82 Å². The number of aromatic hydroxyl groups is 1. The molecule has 3 rings (SSSR count). The van der Waals surface area contributed by atoms with Gasteiger partial charge in [-0.1, -0.05) is 23.2 Å². The molecule has 1 unspecified atom stereocenters. The maximum Gasteiger partial charge on any atom is 0.172 e. The first-order valence-electron chi connectivity index (χ1n) is 8.05. The number of phenols is 1. The Balaban J connectivity index is 1.67. The van der Waals surface area contributed by atoms with Crippen molar-refractivity contribution in [3.8, 4) is 5.75 Å². The molecule has 1 aliphatic heterocycles. The van der Waals surface area contributed by atoms with Crippen LogP contribution in [0, 0.1) is 11.6 Å². The van der Waals surface area contributed by atoms with Gasteiger partial charge in [-0.3, -0.25) is 0 Å². The van der Waals surface area contributed by atoms with Gasteiger partial charge < -0.3 is 15.3 Å². The van der Waals surface area contributed by atoms with E-state index in [1.807, 2.05) is 6.07 Å². The summed E-state index contributed by atoms with van der Waals surface area (Å²) in [7, 11) is 0. The molecule has 2 aromatic carbocycles. The van der Waals surface area contributed by atoms with Crippen LogP contribution in [-0.4, -0.2) is 24.2 Å². The molecule has 0 bridgehead atoms. The van der Waals surface area contributed by atoms with E-state index >= 15 is 0 Å². The SMILES string of the molecule is Oc1ccc(F)c(CNC2CCCN(c3ccc(Cl)cc3Cl)C2)c1F. The fourth-order valence-corrected chi connectivity index (χ4v) is 3.62. The molecule has 1 saturated heterocycles. The summed E-state index contributed by atoms with van der Waals surface area (Å²) in [6.07, 6.45) is 1.82. The van der Waals surface area contributed by atoms with E-state index in [9.17, 15) is 13.9 Å². The van der Waals surface area contributed by atoms with Crippen LogP contribution in [0.15, 0.2) is 30.3 Å². The zero-order valence-electron chi connectivity index (χ0n) is 13.4. The summed E-state index contributed by atoms with van der Waals surface area (Å²) in [5.41, 5.74) is 0.744. The summed E-state index contributed by atoms with van der Waals surface area (Å²) in [6.45, 7) is 1.54. The normalized spacial score (nSPS) is 17.8. The van der Waals surface area contributed by atoms with Crippen LogP contribution in [0.3, 0.4) is 0 Å². The van der Waals surface area contributed by atoms with E-state index in [2.05, 4.69) is 10.2 Å². The Labute approximate surface area is 155 Å². The predicted molar refractivity (Wildman–Crippen MR) is 96.6 cm³/mol. The third-order valence-electron chi connectivity index (χ3n) is 4.40. The van der Waals surface area contributed by atoms with E-state index in [0.29, 0.717) is 16.6 Å². The first-order valence-corrected chi connectivity index (χ1v) is 8.80. The maximum absolute atomic E-state index is 13.9. The molecular formula is C18H18Cl2F2N2O. The van der Waals surface area contributed by atoms with E-state index in [1.165, 1.54) is 0 Å². The summed E-state index contributed by atoms with van der Waals surface area (Å²) in [4.78, 5) is 2.13. The third kappa shape index (κ3) is 4.17. The zero-order valence-corrected chi connectivity index (χ0v) is 14.9. The Hall–Kier alpha value is -1.56. The van der Waals surface area contributed by atoms with E-state index < -0.39 is 17.4 Å². The number of hydrogen-bond donors (Lipinski definition) is 2. The van der Waals surface area contributed by atoms with Gasteiger partial charge in [0.2, 0.25) is 0 Å². The van der Waals surface area contributed by atoms with Crippen LogP contribution < -0.4 is 10.2 Å². The molecule has 25 heavy (non-hydrogen) atoms. The highest BCUT2D eigenvalue weighted by molar-refractivity contribution is 6.36. The number of benzene rings is 2. The number of nitrogens with one attached hydrogen (secondary N) is 1. The second-order valence-corrected chi connectivity index (χ2v) is 6.96. The summed E-state index contributed by atoms with van der Waals surface area (Å²) >= 11 is 12.2. The Morgan fingerprint density at radius 3 is 2.76 bits per heavy atom. The first kappa shape index (κ1) is 18.2. The lowest BCUT2D eigenvalue weighted by molar-refractivity contribution is 0.397. The van der Waals surface area contributed by atoms with E-state index in [1.54, 1.807) is 12.1 Å². The van der Waals surface area contributed by atoms with Crippen LogP contribution in [0.5, 0.6) is 5.75 Å². The lowest BCUT2D eigenvalue weighted by Gasteiger charge is -2.35. The average molecular weight is 387 g/mol. The van der Waals surface area contributed by atoms with Crippen LogP contribution in [-0.2, 0) is 6.54 Å². The minimum Gasteiger partial charge on any atom is -0.505 e. The molecule has 1 heterocycles. The molecule has 7 heteroatoms. The summed E-state index contributed by atoms with van der Waals surface area (Å²) in [5.74, 6) is -2.13. The largest absolute Gasteiger partial charge is 0.505 e. The van der Waals surface area contributed by atoms with E-state index in [-0.39, 0.29) is 18.2 Å². The van der Waals surface area contributed by atoms with Crippen LogP contribution in [0.25, 0.3) is 0 Å². The van der Waals surface area contributed by atoms with Gasteiger partial charge in [0.05, 0.1) is 10.7 Å². The summed E-state index contributed by atoms with van der Waals surface area (Å²) in [5, 5.41) is 13.7. The molecule has 1 aliphatic rings. The minimum absolute atomic E-state index is 0.0128. The monoisotopic (exact) mass is 386 g/mol. The zero-order chi connectivity index (χ0) is 18.0. The molecule has 0 saturated carbocycles. The van der Waals surface area contributed by atoms with Gasteiger partial charge in [-0.2, -0.15) is 0 Å². The number of piperidine rings is 1.